The predicted octanol–water partition coefficient (Wildman–Crippen LogP) is 6.55. The van der Waals surface area contributed by atoms with Gasteiger partial charge in [-0.25, -0.2) is 0 Å². The van der Waals surface area contributed by atoms with Crippen LogP contribution in [-0.4, -0.2) is 244 Å². The summed E-state index contributed by atoms with van der Waals surface area (Å²) in [5.74, 6) is -22.1. The number of nitrogens with zero attached hydrogens (tertiary/aromatic N) is 8. The van der Waals surface area contributed by atoms with Crippen LogP contribution in [0.4, 0.5) is 17.6 Å². The van der Waals surface area contributed by atoms with E-state index in [0.29, 0.717) is 0 Å². The molecule has 0 spiro atoms. The summed E-state index contributed by atoms with van der Waals surface area (Å²) in [6.07, 6.45) is -2.83. The van der Waals surface area contributed by atoms with Gasteiger partial charge in [-0.3, -0.25) is 57.6 Å². The highest BCUT2D eigenvalue weighted by atomic mass is 19.3. The number of nitrogens with one attached hydrogen (secondary N) is 1. The molecule has 2 saturated heterocycles. The van der Waals surface area contributed by atoms with Gasteiger partial charge in [0.25, 0.3) is 0 Å². The Morgan fingerprint density at radius 3 is 1.30 bits per heavy atom. The third-order valence-corrected chi connectivity index (χ3v) is 18.9. The Morgan fingerprint density at radius 2 is 0.870 bits per heavy atom. The SMILES string of the molecule is CC[C@H]1CC(=O)[C@@H]([C@H](O)[C@H](C)CCN2CC(F)(F)C(F)(F)C2)N(C)C(=O)[C@@H](C(C)C)N(C)C(=O)[C@@H](CC(C)C)N(C)C(=O)C(C(C)C)N(C)C(=O)[C@H](C)NC(=O)[C@@H](C)CC(=O)[C@@H](CC(C)C)N(C)C(=O)[C@@H](C(C)C)CC(=O)[C@H](CC(C)C)N(C)C(=O)[C@@H](C)N(C)C1=O. The zero-order valence-corrected chi connectivity index (χ0v) is 59.8. The molecule has 528 valence electrons. The zero-order chi connectivity index (χ0) is 71.4. The zero-order valence-electron chi connectivity index (χ0n) is 59.8. The second-order valence-corrected chi connectivity index (χ2v) is 29.1. The second kappa shape index (κ2) is 34.7. The summed E-state index contributed by atoms with van der Waals surface area (Å²) in [6.45, 7) is 26.0. The lowest BCUT2D eigenvalue weighted by Crippen LogP contribution is -2.62. The van der Waals surface area contributed by atoms with E-state index in [1.54, 1.807) is 48.5 Å². The van der Waals surface area contributed by atoms with E-state index in [0.717, 1.165) is 19.6 Å². The van der Waals surface area contributed by atoms with Crippen molar-refractivity contribution in [2.24, 2.45) is 59.2 Å². The third-order valence-electron chi connectivity index (χ3n) is 18.9. The van der Waals surface area contributed by atoms with Gasteiger partial charge in [0.2, 0.25) is 47.3 Å². The van der Waals surface area contributed by atoms with Crippen LogP contribution in [0.2, 0.25) is 0 Å². The van der Waals surface area contributed by atoms with Gasteiger partial charge in [0.1, 0.15) is 36.3 Å². The fourth-order valence-electron chi connectivity index (χ4n) is 12.8. The Kier molecular flexibility index (Phi) is 31.1. The molecular formula is C67H115F4N9O12. The highest BCUT2D eigenvalue weighted by molar-refractivity contribution is 6.00. The van der Waals surface area contributed by atoms with E-state index in [2.05, 4.69) is 5.32 Å². The van der Waals surface area contributed by atoms with Crippen LogP contribution < -0.4 is 5.32 Å². The topological polar surface area (TPSA) is 246 Å². The van der Waals surface area contributed by atoms with Gasteiger partial charge in [-0.05, 0) is 93.9 Å². The van der Waals surface area contributed by atoms with Gasteiger partial charge in [-0.15, -0.1) is 0 Å². The first-order valence-electron chi connectivity index (χ1n) is 33.0. The number of likely N-dealkylation sites (tertiary alicyclic amines) is 1. The smallest absolute Gasteiger partial charge is 0.323 e. The van der Waals surface area contributed by atoms with Gasteiger partial charge >= 0.3 is 11.8 Å². The van der Waals surface area contributed by atoms with Gasteiger partial charge in [0.15, 0.2) is 17.3 Å². The average Bonchev–Trinajstić information content (AvgIpc) is 1.97. The number of hydrogen-bond donors (Lipinski definition) is 2. The monoisotopic (exact) mass is 1310 g/mol. The summed E-state index contributed by atoms with van der Waals surface area (Å²) in [6, 6.07) is -10.2. The van der Waals surface area contributed by atoms with E-state index in [-0.39, 0.29) is 69.2 Å². The lowest BCUT2D eigenvalue weighted by molar-refractivity contribution is -0.172. The second-order valence-electron chi connectivity index (χ2n) is 29.1. The van der Waals surface area contributed by atoms with Gasteiger partial charge in [0, 0.05) is 86.3 Å². The molecule has 13 atom stereocenters. The lowest BCUT2D eigenvalue weighted by Gasteiger charge is -2.42. The number of carbonyl (C=O) groups is 11. The number of aliphatic hydroxyl groups excluding tert-OH is 1. The number of Topliss-reactive ketones (excluding diaryl/α,β-unsaturated/α-hetero) is 3. The molecule has 0 bridgehead atoms. The molecule has 25 heteroatoms. The number of rotatable bonds is 15. The van der Waals surface area contributed by atoms with Crippen molar-refractivity contribution in [1.29, 1.82) is 0 Å². The molecule has 0 saturated carbocycles. The molecule has 92 heavy (non-hydrogen) atoms. The highest BCUT2D eigenvalue weighted by Crippen LogP contribution is 2.41. The standard InChI is InChI=1S/C67H115F4N9O12/c1-25-46-32-53(83)56(57(84)42(14)26-27-80-34-66(68,69)67(70,71)35-80)79(24)65(92)55(41(12)13)78(23)63(90)50(30-38(6)7)76(21)64(91)54(40(10)11)77(22)59(86)44(16)72-58(85)43(15)31-51(81)48(28-36(2)3)75(20)62(89)47(39(8)9)33-52(82)49(29-37(4)5)74(19)60(87)45(17)73(18)61(46)88/h36-50,54-57,84H,25-35H2,1-24H3,(H,72,85)/t42-,43+,44+,45-,46+,47-,48-,49+,50-,54?,55-,56+,57-/m1/s1. The average molecular weight is 1310 g/mol. The number of ketones is 3. The first-order chi connectivity index (χ1) is 42.1. The van der Waals surface area contributed by atoms with E-state index in [4.69, 9.17) is 0 Å². The van der Waals surface area contributed by atoms with Crippen LogP contribution in [0.5, 0.6) is 0 Å². The molecule has 2 heterocycles. The van der Waals surface area contributed by atoms with E-state index in [1.165, 1.54) is 96.6 Å². The maximum Gasteiger partial charge on any atom is 0.323 e. The van der Waals surface area contributed by atoms with E-state index in [1.807, 2.05) is 41.5 Å². The molecule has 0 radical (unpaired) electrons. The van der Waals surface area contributed by atoms with Gasteiger partial charge < -0.3 is 44.7 Å². The molecule has 2 N–H and O–H groups in total. The van der Waals surface area contributed by atoms with Crippen LogP contribution in [0.15, 0.2) is 0 Å². The molecule has 0 aromatic carbocycles. The van der Waals surface area contributed by atoms with Crippen molar-refractivity contribution < 1.29 is 75.4 Å². The van der Waals surface area contributed by atoms with Crippen molar-refractivity contribution in [3.05, 3.63) is 0 Å². The van der Waals surface area contributed by atoms with Crippen LogP contribution in [0.25, 0.3) is 0 Å². The fraction of sp³-hybridized carbons (Fsp3) is 0.836. The predicted molar refractivity (Wildman–Crippen MR) is 343 cm³/mol. The van der Waals surface area contributed by atoms with Crippen molar-refractivity contribution in [2.75, 3.05) is 69.0 Å². The summed E-state index contributed by atoms with van der Waals surface area (Å²) < 4.78 is 57.4. The molecule has 2 rings (SSSR count). The van der Waals surface area contributed by atoms with Crippen LogP contribution in [0.3, 0.4) is 0 Å². The summed E-state index contributed by atoms with van der Waals surface area (Å²) in [5, 5.41) is 15.0. The first kappa shape index (κ1) is 82.5. The van der Waals surface area contributed by atoms with E-state index < -0.39 is 192 Å². The minimum Gasteiger partial charge on any atom is -0.390 e. The largest absolute Gasteiger partial charge is 0.390 e. The van der Waals surface area contributed by atoms with Gasteiger partial charge in [-0.1, -0.05) is 104 Å². The molecule has 21 nitrogen and oxygen atoms in total. The molecule has 8 amide bonds. The Labute approximate surface area is 546 Å². The number of likely N-dealkylation sites (N-methyl/N-ethyl adjacent to an activating group) is 7. The lowest BCUT2D eigenvalue weighted by atomic mass is 9.84. The summed E-state index contributed by atoms with van der Waals surface area (Å²) in [7, 11) is 9.67. The number of hydrogen-bond acceptors (Lipinski definition) is 13. The van der Waals surface area contributed by atoms with E-state index in [9.17, 15) is 61.0 Å². The van der Waals surface area contributed by atoms with Gasteiger partial charge in [-0.2, -0.15) is 17.6 Å². The molecule has 2 fully saturated rings. The van der Waals surface area contributed by atoms with Crippen molar-refractivity contribution in [2.45, 2.75) is 235 Å². The maximum absolute atomic E-state index is 15.3. The maximum atomic E-state index is 15.3. The van der Waals surface area contributed by atoms with Crippen molar-refractivity contribution in [1.82, 2.24) is 44.5 Å². The van der Waals surface area contributed by atoms with Crippen molar-refractivity contribution in [3.63, 3.8) is 0 Å². The van der Waals surface area contributed by atoms with Crippen LogP contribution in [-0.2, 0) is 52.7 Å². The quantitative estimate of drug-likeness (QED) is 0.166. The Bertz CT molecular complexity index is 2570. The molecular weight excluding hydrogens is 1200 g/mol. The number of aliphatic hydroxyl groups is 1. The van der Waals surface area contributed by atoms with Crippen LogP contribution >= 0.6 is 0 Å². The minimum absolute atomic E-state index is 0.000241. The Balaban J connectivity index is 3.01. The summed E-state index contributed by atoms with van der Waals surface area (Å²) >= 11 is 0. The number of alkyl halides is 4. The summed E-state index contributed by atoms with van der Waals surface area (Å²) in [4.78, 5) is 171. The normalized spacial score (nSPS) is 29.0. The fourth-order valence-corrected chi connectivity index (χ4v) is 12.8. The first-order valence-corrected chi connectivity index (χ1v) is 33.0. The Hall–Kier alpha value is -5.59. The van der Waals surface area contributed by atoms with Crippen LogP contribution in [0, 0.1) is 59.2 Å². The molecule has 0 aromatic heterocycles. The molecule has 2 aliphatic rings. The van der Waals surface area contributed by atoms with Crippen molar-refractivity contribution in [3.8, 4) is 0 Å². The minimum atomic E-state index is -4.32. The summed E-state index contributed by atoms with van der Waals surface area (Å²) in [5.41, 5.74) is 0. The van der Waals surface area contributed by atoms with Gasteiger partial charge in [0.05, 0.1) is 31.3 Å². The van der Waals surface area contributed by atoms with Crippen molar-refractivity contribution >= 4 is 64.6 Å². The number of halogens is 4. The number of carbonyl (C=O) groups excluding carboxylic acids is 11. The van der Waals surface area contributed by atoms with Crippen LogP contribution in [0.1, 0.15) is 169 Å². The molecule has 2 aliphatic heterocycles. The molecule has 0 aliphatic carbocycles. The third kappa shape index (κ3) is 20.7. The van der Waals surface area contributed by atoms with E-state index >= 15 is 14.4 Å². The Morgan fingerprint density at radius 1 is 0.467 bits per heavy atom. The number of amides is 8. The molecule has 1 unspecified atom stereocenters. The highest BCUT2D eigenvalue weighted by Gasteiger charge is 2.62. The molecule has 0 aromatic rings.